The Morgan fingerprint density at radius 3 is 2.54 bits per heavy atom. The first-order chi connectivity index (χ1) is 12.2. The molecule has 0 bridgehead atoms. The highest BCUT2D eigenvalue weighted by Gasteiger charge is 2.39. The van der Waals surface area contributed by atoms with E-state index in [2.05, 4.69) is 16.0 Å². The lowest BCUT2D eigenvalue weighted by Gasteiger charge is -2.12. The highest BCUT2D eigenvalue weighted by molar-refractivity contribution is 5.96. The number of nitrogens with zero attached hydrogens (tertiary/aromatic N) is 2. The van der Waals surface area contributed by atoms with Gasteiger partial charge >= 0.3 is 6.18 Å². The zero-order valence-electron chi connectivity index (χ0n) is 13.5. The molecule has 2 amide bonds. The maximum atomic E-state index is 13.1. The van der Waals surface area contributed by atoms with Gasteiger partial charge in [-0.1, -0.05) is 19.1 Å². The monoisotopic (exact) mass is 368 g/mol. The molecule has 26 heavy (non-hydrogen) atoms. The minimum Gasteiger partial charge on any atom is -0.504 e. The molecule has 2 unspecified atom stereocenters. The number of halogens is 3. The van der Waals surface area contributed by atoms with Gasteiger partial charge in [-0.25, -0.2) is 4.68 Å². The Bertz CT molecular complexity index is 863. The smallest absolute Gasteiger partial charge is 0.418 e. The van der Waals surface area contributed by atoms with Gasteiger partial charge in [0.15, 0.2) is 11.4 Å². The third kappa shape index (κ3) is 3.48. The van der Waals surface area contributed by atoms with Crippen LogP contribution in [0.1, 0.15) is 29.4 Å². The van der Waals surface area contributed by atoms with Crippen molar-refractivity contribution in [2.45, 2.75) is 19.5 Å². The predicted molar refractivity (Wildman–Crippen MR) is 83.1 cm³/mol. The molecule has 1 aliphatic carbocycles. The average Bonchev–Trinajstić information content (AvgIpc) is 3.19. The zero-order chi connectivity index (χ0) is 19.1. The number of hydrazine groups is 1. The number of hydrogen-bond acceptors (Lipinski definition) is 4. The van der Waals surface area contributed by atoms with Gasteiger partial charge < -0.3 is 5.11 Å². The SMILES string of the molecule is CC1CC1C(=O)NNC(=O)c1nn(-c2ccccc2C(F)(F)F)cc1O. The molecular weight excluding hydrogens is 353 g/mol. The molecule has 3 rings (SSSR count). The van der Waals surface area contributed by atoms with Crippen molar-refractivity contribution >= 4 is 11.8 Å². The fourth-order valence-electron chi connectivity index (χ4n) is 2.52. The van der Waals surface area contributed by atoms with E-state index >= 15 is 0 Å². The summed E-state index contributed by atoms with van der Waals surface area (Å²) in [7, 11) is 0. The Balaban J connectivity index is 1.79. The van der Waals surface area contributed by atoms with Crippen molar-refractivity contribution in [3.05, 3.63) is 41.7 Å². The summed E-state index contributed by atoms with van der Waals surface area (Å²) in [5.74, 6) is -1.87. The molecule has 0 radical (unpaired) electrons. The van der Waals surface area contributed by atoms with Crippen molar-refractivity contribution in [2.75, 3.05) is 0 Å². The van der Waals surface area contributed by atoms with Crippen LogP contribution in [0, 0.1) is 11.8 Å². The molecule has 0 spiro atoms. The Kier molecular flexibility index (Phi) is 4.34. The Morgan fingerprint density at radius 2 is 1.92 bits per heavy atom. The minimum atomic E-state index is -4.63. The molecule has 10 heteroatoms. The number of carbonyl (C=O) groups is 2. The van der Waals surface area contributed by atoms with Crippen molar-refractivity contribution in [3.63, 3.8) is 0 Å². The van der Waals surface area contributed by atoms with E-state index in [1.165, 1.54) is 12.1 Å². The van der Waals surface area contributed by atoms with Gasteiger partial charge in [0.1, 0.15) is 0 Å². The van der Waals surface area contributed by atoms with Crippen LogP contribution in [0.5, 0.6) is 5.75 Å². The second-order valence-electron chi connectivity index (χ2n) is 6.09. The molecule has 7 nitrogen and oxygen atoms in total. The quantitative estimate of drug-likeness (QED) is 0.722. The van der Waals surface area contributed by atoms with Gasteiger partial charge in [-0.05, 0) is 24.5 Å². The van der Waals surface area contributed by atoms with E-state index in [4.69, 9.17) is 0 Å². The highest BCUT2D eigenvalue weighted by atomic mass is 19.4. The predicted octanol–water partition coefficient (Wildman–Crippen LogP) is 2.01. The molecule has 1 aromatic carbocycles. The van der Waals surface area contributed by atoms with Gasteiger partial charge in [0.05, 0.1) is 17.4 Å². The molecule has 1 fully saturated rings. The van der Waals surface area contributed by atoms with Crippen LogP contribution in [0.2, 0.25) is 0 Å². The third-order valence-electron chi connectivity index (χ3n) is 4.11. The standard InChI is InChI=1S/C16H15F3N4O3/c1-8-6-9(8)14(25)20-21-15(26)13-12(24)7-23(22-13)11-5-3-2-4-10(11)16(17,18)19/h2-5,7-9,24H,6H2,1H3,(H,20,25)(H,21,26). The first-order valence-corrected chi connectivity index (χ1v) is 7.74. The normalized spacial score (nSPS) is 19.1. The molecule has 2 atom stereocenters. The summed E-state index contributed by atoms with van der Waals surface area (Å²) >= 11 is 0. The van der Waals surface area contributed by atoms with E-state index in [-0.39, 0.29) is 23.4 Å². The molecule has 1 saturated carbocycles. The highest BCUT2D eigenvalue weighted by Crippen LogP contribution is 2.37. The van der Waals surface area contributed by atoms with Gasteiger partial charge in [-0.3, -0.25) is 20.4 Å². The number of rotatable bonds is 3. The first-order valence-electron chi connectivity index (χ1n) is 7.74. The summed E-state index contributed by atoms with van der Waals surface area (Å²) in [6, 6.07) is 4.62. The summed E-state index contributed by atoms with van der Waals surface area (Å²) in [5, 5.41) is 13.6. The molecule has 1 aromatic heterocycles. The molecule has 138 valence electrons. The number of carbonyl (C=O) groups excluding carboxylic acids is 2. The molecule has 3 N–H and O–H groups in total. The maximum Gasteiger partial charge on any atom is 0.418 e. The summed E-state index contributed by atoms with van der Waals surface area (Å²) in [4.78, 5) is 23.7. The minimum absolute atomic E-state index is 0.180. The van der Waals surface area contributed by atoms with E-state index in [9.17, 15) is 27.9 Å². The number of nitrogens with one attached hydrogen (secondary N) is 2. The summed E-state index contributed by atoms with van der Waals surface area (Å²) < 4.78 is 40.0. The number of benzene rings is 1. The first kappa shape index (κ1) is 17.8. The number of para-hydroxylation sites is 1. The zero-order valence-corrected chi connectivity index (χ0v) is 13.5. The third-order valence-corrected chi connectivity index (χ3v) is 4.11. The van der Waals surface area contributed by atoms with Crippen molar-refractivity contribution in [1.82, 2.24) is 20.6 Å². The second kappa shape index (κ2) is 6.36. The topological polar surface area (TPSA) is 96.3 Å². The van der Waals surface area contributed by atoms with Crippen LogP contribution >= 0.6 is 0 Å². The Labute approximate surface area is 145 Å². The Hall–Kier alpha value is -3.04. The lowest BCUT2D eigenvalue weighted by atomic mass is 10.2. The van der Waals surface area contributed by atoms with E-state index in [0.717, 1.165) is 29.4 Å². The molecule has 0 aliphatic heterocycles. The molecular formula is C16H15F3N4O3. The molecule has 1 heterocycles. The Morgan fingerprint density at radius 1 is 1.27 bits per heavy atom. The van der Waals surface area contributed by atoms with Crippen LogP contribution in [-0.2, 0) is 11.0 Å². The van der Waals surface area contributed by atoms with Gasteiger partial charge in [0, 0.05) is 5.92 Å². The van der Waals surface area contributed by atoms with Crippen LogP contribution in [0.4, 0.5) is 13.2 Å². The lowest BCUT2D eigenvalue weighted by Crippen LogP contribution is -2.42. The molecule has 0 saturated heterocycles. The number of amides is 2. The van der Waals surface area contributed by atoms with Crippen molar-refractivity contribution in [2.24, 2.45) is 11.8 Å². The second-order valence-corrected chi connectivity index (χ2v) is 6.09. The van der Waals surface area contributed by atoms with Crippen LogP contribution in [0.3, 0.4) is 0 Å². The van der Waals surface area contributed by atoms with Gasteiger partial charge in [-0.15, -0.1) is 0 Å². The van der Waals surface area contributed by atoms with Crippen LogP contribution in [0.25, 0.3) is 5.69 Å². The average molecular weight is 368 g/mol. The van der Waals surface area contributed by atoms with Gasteiger partial charge in [0.25, 0.3) is 5.91 Å². The number of alkyl halides is 3. The van der Waals surface area contributed by atoms with Crippen LogP contribution in [0.15, 0.2) is 30.5 Å². The maximum absolute atomic E-state index is 13.1. The van der Waals surface area contributed by atoms with Crippen LogP contribution in [-0.4, -0.2) is 26.7 Å². The number of aromatic nitrogens is 2. The summed E-state index contributed by atoms with van der Waals surface area (Å²) in [5.41, 5.74) is 2.48. The van der Waals surface area contributed by atoms with Crippen molar-refractivity contribution in [3.8, 4) is 11.4 Å². The van der Waals surface area contributed by atoms with Crippen molar-refractivity contribution < 1.29 is 27.9 Å². The number of hydrogen-bond donors (Lipinski definition) is 3. The molecule has 1 aliphatic rings. The summed E-state index contributed by atoms with van der Waals surface area (Å²) in [6.07, 6.45) is -3.02. The van der Waals surface area contributed by atoms with Crippen molar-refractivity contribution in [1.29, 1.82) is 0 Å². The fraction of sp³-hybridized carbons (Fsp3) is 0.312. The van der Waals surface area contributed by atoms with E-state index < -0.39 is 29.1 Å². The fourth-order valence-corrected chi connectivity index (χ4v) is 2.52. The largest absolute Gasteiger partial charge is 0.504 e. The van der Waals surface area contributed by atoms with Gasteiger partial charge in [-0.2, -0.15) is 18.3 Å². The van der Waals surface area contributed by atoms with E-state index in [1.807, 2.05) is 6.92 Å². The van der Waals surface area contributed by atoms with Gasteiger partial charge in [0.2, 0.25) is 5.91 Å². The summed E-state index contributed by atoms with van der Waals surface area (Å²) in [6.45, 7) is 1.89. The van der Waals surface area contributed by atoms with E-state index in [0.29, 0.717) is 0 Å². The lowest BCUT2D eigenvalue weighted by molar-refractivity contribution is -0.137. The van der Waals surface area contributed by atoms with Crippen LogP contribution < -0.4 is 10.9 Å². The number of aromatic hydroxyl groups is 1. The molecule has 2 aromatic rings. The van der Waals surface area contributed by atoms with E-state index in [1.54, 1.807) is 0 Å².